The van der Waals surface area contributed by atoms with Crippen molar-refractivity contribution in [2.24, 2.45) is 5.73 Å². The van der Waals surface area contributed by atoms with Crippen molar-refractivity contribution < 1.29 is 22.9 Å². The van der Waals surface area contributed by atoms with Crippen molar-refractivity contribution in [3.8, 4) is 0 Å². The first kappa shape index (κ1) is 29.5. The van der Waals surface area contributed by atoms with E-state index in [4.69, 9.17) is 10.3 Å². The molecule has 178 valence electrons. The minimum atomic E-state index is -3.49. The zero-order chi connectivity index (χ0) is 22.5. The Kier molecular flexibility index (Phi) is 20.0. The third-order valence-corrected chi connectivity index (χ3v) is 6.62. The molecule has 0 spiro atoms. The fourth-order valence-corrected chi connectivity index (χ4v) is 3.88. The molecule has 2 N–H and O–H groups in total. The van der Waals surface area contributed by atoms with Crippen LogP contribution in [0.25, 0.3) is 0 Å². The molecule has 0 heterocycles. The molecule has 30 heavy (non-hydrogen) atoms. The van der Waals surface area contributed by atoms with E-state index in [9.17, 15) is 9.36 Å². The van der Waals surface area contributed by atoms with Crippen LogP contribution in [0.4, 0.5) is 0 Å². The average Bonchev–Trinajstić information content (AvgIpc) is 2.75. The molecule has 0 aromatic rings. The number of phosphoric ester groups is 1. The van der Waals surface area contributed by atoms with Gasteiger partial charge in [-0.1, -0.05) is 70.4 Å². The van der Waals surface area contributed by atoms with Gasteiger partial charge in [-0.25, -0.2) is 4.57 Å². The van der Waals surface area contributed by atoms with Gasteiger partial charge in [-0.3, -0.25) is 18.4 Å². The smallest absolute Gasteiger partial charge is 0.321 e. The number of hydrogen-bond acceptors (Lipinski definition) is 6. The van der Waals surface area contributed by atoms with Crippen molar-refractivity contribution in [3.05, 3.63) is 12.2 Å². The highest BCUT2D eigenvalue weighted by molar-refractivity contribution is 7.48. The highest BCUT2D eigenvalue weighted by atomic mass is 31.2. The van der Waals surface area contributed by atoms with Crippen LogP contribution in [-0.2, 0) is 22.9 Å². The molecular formula is C23H46NO5P. The number of unbranched alkanes of at least 4 members (excludes halogenated alkanes) is 11. The topological polar surface area (TPSA) is 87.9 Å². The Morgan fingerprint density at radius 2 is 1.37 bits per heavy atom. The summed E-state index contributed by atoms with van der Waals surface area (Å²) in [6.07, 6.45) is 21.5. The summed E-state index contributed by atoms with van der Waals surface area (Å²) in [4.78, 5) is 12.1. The predicted octanol–water partition coefficient (Wildman–Crippen LogP) is 6.73. The number of allylic oxidation sites excluding steroid dienone is 2. The largest absolute Gasteiger partial charge is 0.474 e. The Morgan fingerprint density at radius 1 is 0.867 bits per heavy atom. The number of rotatable bonds is 22. The lowest BCUT2D eigenvalue weighted by Crippen LogP contribution is -2.31. The fraction of sp³-hybridized carbons (Fsp3) is 0.870. The molecule has 0 aliphatic heterocycles. The molecule has 0 saturated carbocycles. The minimum absolute atomic E-state index is 0.0286. The number of ketones is 1. The van der Waals surface area contributed by atoms with E-state index < -0.39 is 13.9 Å². The van der Waals surface area contributed by atoms with Crippen molar-refractivity contribution in [2.45, 2.75) is 109 Å². The van der Waals surface area contributed by atoms with Gasteiger partial charge in [0.1, 0.15) is 5.78 Å². The molecule has 0 aromatic carbocycles. The Labute approximate surface area is 184 Å². The van der Waals surface area contributed by atoms with Crippen molar-refractivity contribution >= 4 is 13.6 Å². The van der Waals surface area contributed by atoms with E-state index in [1.54, 1.807) is 0 Å². The lowest BCUT2D eigenvalue weighted by molar-refractivity contribution is -0.120. The number of hydrogen-bond donors (Lipinski definition) is 1. The van der Waals surface area contributed by atoms with Crippen LogP contribution < -0.4 is 5.73 Å². The normalized spacial score (nSPS) is 13.2. The van der Waals surface area contributed by atoms with Gasteiger partial charge in [0, 0.05) is 20.6 Å². The van der Waals surface area contributed by atoms with Gasteiger partial charge in [0.05, 0.1) is 12.6 Å². The van der Waals surface area contributed by atoms with Gasteiger partial charge < -0.3 is 5.73 Å². The molecule has 0 bridgehead atoms. The van der Waals surface area contributed by atoms with E-state index in [0.29, 0.717) is 12.8 Å². The van der Waals surface area contributed by atoms with E-state index in [0.717, 1.165) is 25.7 Å². The van der Waals surface area contributed by atoms with Crippen molar-refractivity contribution in [1.82, 2.24) is 0 Å². The molecule has 6 nitrogen and oxygen atoms in total. The molecule has 0 aliphatic rings. The van der Waals surface area contributed by atoms with E-state index in [-0.39, 0.29) is 12.4 Å². The molecule has 0 aliphatic carbocycles. The zero-order valence-electron chi connectivity index (χ0n) is 19.6. The van der Waals surface area contributed by atoms with Crippen LogP contribution in [-0.4, -0.2) is 32.7 Å². The maximum absolute atomic E-state index is 12.1. The summed E-state index contributed by atoms with van der Waals surface area (Å²) in [7, 11) is -0.989. The Balaban J connectivity index is 3.51. The van der Waals surface area contributed by atoms with Gasteiger partial charge in [-0.15, -0.1) is 0 Å². The third kappa shape index (κ3) is 17.2. The first-order valence-corrected chi connectivity index (χ1v) is 13.2. The van der Waals surface area contributed by atoms with E-state index in [1.165, 1.54) is 72.0 Å². The number of Topliss-reactive ketones (excluding diaryl/α,β-unsaturated/α-hetero) is 1. The summed E-state index contributed by atoms with van der Waals surface area (Å²) >= 11 is 0. The second kappa shape index (κ2) is 20.4. The monoisotopic (exact) mass is 447 g/mol. The lowest BCUT2D eigenvalue weighted by Gasteiger charge is -2.15. The summed E-state index contributed by atoms with van der Waals surface area (Å²) in [5.41, 5.74) is 5.88. The molecule has 0 amide bonds. The van der Waals surface area contributed by atoms with Crippen LogP contribution in [0.5, 0.6) is 0 Å². The predicted molar refractivity (Wildman–Crippen MR) is 125 cm³/mol. The molecule has 0 fully saturated rings. The summed E-state index contributed by atoms with van der Waals surface area (Å²) in [6, 6.07) is -0.594. The number of nitrogens with two attached hydrogens (primary N) is 1. The number of phosphoric acid groups is 1. The van der Waals surface area contributed by atoms with Crippen LogP contribution in [0.2, 0.25) is 0 Å². The van der Waals surface area contributed by atoms with Gasteiger partial charge >= 0.3 is 7.82 Å². The van der Waals surface area contributed by atoms with Crippen LogP contribution in [0.3, 0.4) is 0 Å². The second-order valence-electron chi connectivity index (χ2n) is 7.84. The molecule has 0 radical (unpaired) electrons. The van der Waals surface area contributed by atoms with Crippen LogP contribution in [0, 0.1) is 0 Å². The van der Waals surface area contributed by atoms with Gasteiger partial charge in [-0.2, -0.15) is 0 Å². The minimum Gasteiger partial charge on any atom is -0.321 e. The third-order valence-electron chi connectivity index (χ3n) is 5.22. The van der Waals surface area contributed by atoms with Crippen LogP contribution >= 0.6 is 7.82 Å². The molecular weight excluding hydrogens is 401 g/mol. The fourth-order valence-electron chi connectivity index (χ4n) is 3.19. The highest BCUT2D eigenvalue weighted by Gasteiger charge is 2.23. The van der Waals surface area contributed by atoms with Crippen molar-refractivity contribution in [3.63, 3.8) is 0 Å². The molecule has 1 unspecified atom stereocenters. The van der Waals surface area contributed by atoms with Crippen molar-refractivity contribution in [1.29, 1.82) is 0 Å². The summed E-state index contributed by atoms with van der Waals surface area (Å²) in [6.45, 7) is 2.32. The molecule has 0 saturated heterocycles. The maximum Gasteiger partial charge on any atom is 0.474 e. The molecule has 0 rings (SSSR count). The number of carbonyl (C=O) groups excluding carboxylic acids is 1. The molecule has 0 aromatic heterocycles. The van der Waals surface area contributed by atoms with Gasteiger partial charge in [0.25, 0.3) is 0 Å². The SMILES string of the molecule is CCCCCCCCC=CCCCCCCCC(=O)C(N)CCOP(=O)(OC)OC. The summed E-state index contributed by atoms with van der Waals surface area (Å²) < 4.78 is 26.1. The van der Waals surface area contributed by atoms with E-state index in [1.807, 2.05) is 0 Å². The van der Waals surface area contributed by atoms with Gasteiger partial charge in [-0.05, 0) is 38.5 Å². The van der Waals surface area contributed by atoms with E-state index >= 15 is 0 Å². The quantitative estimate of drug-likeness (QED) is 0.112. The maximum atomic E-state index is 12.1. The Morgan fingerprint density at radius 3 is 1.90 bits per heavy atom. The lowest BCUT2D eigenvalue weighted by atomic mass is 10.0. The van der Waals surface area contributed by atoms with Crippen LogP contribution in [0.15, 0.2) is 12.2 Å². The second-order valence-corrected chi connectivity index (χ2v) is 9.72. The van der Waals surface area contributed by atoms with Crippen molar-refractivity contribution in [2.75, 3.05) is 20.8 Å². The summed E-state index contributed by atoms with van der Waals surface area (Å²) in [5, 5.41) is 0. The number of carbonyl (C=O) groups is 1. The highest BCUT2D eigenvalue weighted by Crippen LogP contribution is 2.47. The summed E-state index contributed by atoms with van der Waals surface area (Å²) in [5.74, 6) is 0.0286. The first-order chi connectivity index (χ1) is 14.5. The van der Waals surface area contributed by atoms with Crippen LogP contribution in [0.1, 0.15) is 103 Å². The zero-order valence-corrected chi connectivity index (χ0v) is 20.5. The molecule has 1 atom stereocenters. The average molecular weight is 448 g/mol. The Hall–Kier alpha value is -0.520. The Bertz CT molecular complexity index is 476. The van der Waals surface area contributed by atoms with Gasteiger partial charge in [0.2, 0.25) is 0 Å². The standard InChI is InChI=1S/C23H46NO5P/c1-4-5-6-7-8-9-10-11-12-13-14-15-16-17-18-19-23(25)22(24)20-21-29-30(26,27-2)28-3/h11-12,22H,4-10,13-21,24H2,1-3H3. The molecule has 7 heteroatoms. The first-order valence-electron chi connectivity index (χ1n) is 11.8. The van der Waals surface area contributed by atoms with E-state index in [2.05, 4.69) is 28.1 Å². The van der Waals surface area contributed by atoms with Gasteiger partial charge in [0.15, 0.2) is 0 Å².